The number of oxazole rings is 1. The summed E-state index contributed by atoms with van der Waals surface area (Å²) in [5, 5.41) is 0. The smallest absolute Gasteiger partial charge is 0.227 e. The summed E-state index contributed by atoms with van der Waals surface area (Å²) in [6.07, 6.45) is 5.70. The largest absolute Gasteiger partial charge is 0.436 e. The lowest BCUT2D eigenvalue weighted by atomic mass is 10.2. The number of aromatic nitrogens is 1. The van der Waals surface area contributed by atoms with Gasteiger partial charge in [-0.05, 0) is 66.2 Å². The quantitative estimate of drug-likeness (QED) is 0.284. The van der Waals surface area contributed by atoms with Crippen molar-refractivity contribution < 1.29 is 4.42 Å². The molecule has 3 nitrogen and oxygen atoms in total. The number of halogens is 2. The summed E-state index contributed by atoms with van der Waals surface area (Å²) < 4.78 is 7.93. The average Bonchev–Trinajstić information content (AvgIpc) is 3.09. The van der Waals surface area contributed by atoms with Gasteiger partial charge in [-0.25, -0.2) is 4.98 Å². The lowest BCUT2D eigenvalue weighted by Gasteiger charge is -1.94. The van der Waals surface area contributed by atoms with Crippen LogP contribution in [0.2, 0.25) is 0 Å². The van der Waals surface area contributed by atoms with Crippen molar-refractivity contribution in [2.45, 2.75) is 0 Å². The summed E-state index contributed by atoms with van der Waals surface area (Å²) in [6.45, 7) is 0. The Bertz CT molecular complexity index is 1140. The minimum atomic E-state index is 0.605. The van der Waals surface area contributed by atoms with Crippen molar-refractivity contribution >= 4 is 60.9 Å². The predicted molar refractivity (Wildman–Crippen MR) is 118 cm³/mol. The van der Waals surface area contributed by atoms with Gasteiger partial charge >= 0.3 is 0 Å². The highest BCUT2D eigenvalue weighted by atomic mass is 79.9. The van der Waals surface area contributed by atoms with E-state index in [-0.39, 0.29) is 0 Å². The van der Waals surface area contributed by atoms with Crippen molar-refractivity contribution in [3.05, 3.63) is 87.3 Å². The van der Waals surface area contributed by atoms with Gasteiger partial charge in [0, 0.05) is 20.7 Å². The molecule has 1 heterocycles. The molecule has 0 unspecified atom stereocenters. The zero-order valence-corrected chi connectivity index (χ0v) is 17.3. The number of fused-ring (bicyclic) bond motifs is 1. The molecule has 0 amide bonds. The van der Waals surface area contributed by atoms with Crippen LogP contribution in [0.15, 0.2) is 91.2 Å². The highest BCUT2D eigenvalue weighted by molar-refractivity contribution is 9.10. The molecule has 0 radical (unpaired) electrons. The van der Waals surface area contributed by atoms with E-state index in [1.807, 2.05) is 72.8 Å². The Morgan fingerprint density at radius 2 is 1.74 bits per heavy atom. The van der Waals surface area contributed by atoms with E-state index in [4.69, 9.17) is 4.42 Å². The fraction of sp³-hybridized carbons (Fsp3) is 0. The van der Waals surface area contributed by atoms with Crippen LogP contribution in [0.3, 0.4) is 0 Å². The zero-order chi connectivity index (χ0) is 18.6. The molecule has 4 aromatic rings. The van der Waals surface area contributed by atoms with E-state index in [2.05, 4.69) is 47.9 Å². The van der Waals surface area contributed by atoms with Crippen LogP contribution in [-0.2, 0) is 0 Å². The molecule has 0 spiro atoms. The lowest BCUT2D eigenvalue weighted by Crippen LogP contribution is -1.76. The van der Waals surface area contributed by atoms with Gasteiger partial charge in [-0.1, -0.05) is 50.1 Å². The third kappa shape index (κ3) is 4.43. The van der Waals surface area contributed by atoms with Gasteiger partial charge < -0.3 is 4.42 Å². The third-order valence-electron chi connectivity index (χ3n) is 3.91. The summed E-state index contributed by atoms with van der Waals surface area (Å²) in [5.74, 6) is 0.605. The highest BCUT2D eigenvalue weighted by Crippen LogP contribution is 2.27. The van der Waals surface area contributed by atoms with Crippen molar-refractivity contribution in [3.8, 4) is 11.5 Å². The van der Waals surface area contributed by atoms with Gasteiger partial charge in [-0.2, -0.15) is 0 Å². The van der Waals surface area contributed by atoms with Gasteiger partial charge in [0.05, 0.1) is 5.69 Å². The van der Waals surface area contributed by atoms with Crippen LogP contribution in [0.1, 0.15) is 5.56 Å². The Morgan fingerprint density at radius 3 is 2.56 bits per heavy atom. The van der Waals surface area contributed by atoms with Crippen molar-refractivity contribution in [1.82, 2.24) is 4.98 Å². The molecule has 5 heteroatoms. The first-order chi connectivity index (χ1) is 13.2. The second-order valence-corrected chi connectivity index (χ2v) is 7.70. The second-order valence-electron chi connectivity index (χ2n) is 5.87. The Balaban J connectivity index is 1.53. The Labute approximate surface area is 173 Å². The minimum absolute atomic E-state index is 0.605. The second kappa shape index (κ2) is 8.03. The molecular weight excluding hydrogens is 468 g/mol. The lowest BCUT2D eigenvalue weighted by molar-refractivity contribution is 0.620. The number of aliphatic imine (C=N–C) groups is 1. The molecule has 4 rings (SSSR count). The van der Waals surface area contributed by atoms with E-state index in [1.54, 1.807) is 6.21 Å². The van der Waals surface area contributed by atoms with Gasteiger partial charge in [0.1, 0.15) is 5.52 Å². The van der Waals surface area contributed by atoms with Crippen LogP contribution in [0.5, 0.6) is 0 Å². The highest BCUT2D eigenvalue weighted by Gasteiger charge is 2.08. The SMILES string of the molecule is Brc1ccc(-c2nc3cc(N=C/C=C/c4cccc(Br)c4)ccc3o2)cc1. The maximum atomic E-state index is 5.85. The number of rotatable bonds is 4. The van der Waals surface area contributed by atoms with E-state index >= 15 is 0 Å². The van der Waals surface area contributed by atoms with Crippen molar-refractivity contribution in [3.63, 3.8) is 0 Å². The van der Waals surface area contributed by atoms with Crippen LogP contribution >= 0.6 is 31.9 Å². The Kier molecular flexibility index (Phi) is 5.32. The molecule has 0 aliphatic rings. The molecule has 0 saturated carbocycles. The maximum Gasteiger partial charge on any atom is 0.227 e. The Morgan fingerprint density at radius 1 is 0.889 bits per heavy atom. The van der Waals surface area contributed by atoms with Gasteiger partial charge in [-0.3, -0.25) is 4.99 Å². The molecule has 1 aromatic heterocycles. The Hall–Kier alpha value is -2.50. The summed E-state index contributed by atoms with van der Waals surface area (Å²) in [4.78, 5) is 9.06. The third-order valence-corrected chi connectivity index (χ3v) is 4.93. The summed E-state index contributed by atoms with van der Waals surface area (Å²) in [5.41, 5.74) is 4.42. The van der Waals surface area contributed by atoms with E-state index in [0.717, 1.165) is 36.9 Å². The molecular formula is C22H14Br2N2O. The molecule has 3 aromatic carbocycles. The van der Waals surface area contributed by atoms with E-state index in [0.29, 0.717) is 5.89 Å². The number of benzene rings is 3. The number of hydrogen-bond acceptors (Lipinski definition) is 3. The van der Waals surface area contributed by atoms with Crippen molar-refractivity contribution in [1.29, 1.82) is 0 Å². The van der Waals surface area contributed by atoms with Gasteiger partial charge in [0.25, 0.3) is 0 Å². The van der Waals surface area contributed by atoms with Gasteiger partial charge in [0.15, 0.2) is 5.58 Å². The molecule has 0 bridgehead atoms. The molecule has 0 saturated heterocycles. The maximum absolute atomic E-state index is 5.85. The van der Waals surface area contributed by atoms with Crippen LogP contribution in [0.4, 0.5) is 5.69 Å². The number of allylic oxidation sites excluding steroid dienone is 1. The molecule has 0 N–H and O–H groups in total. The molecule has 27 heavy (non-hydrogen) atoms. The van der Waals surface area contributed by atoms with Gasteiger partial charge in [0.2, 0.25) is 5.89 Å². The first-order valence-corrected chi connectivity index (χ1v) is 9.89. The first kappa shape index (κ1) is 17.9. The fourth-order valence-corrected chi connectivity index (χ4v) is 3.29. The van der Waals surface area contributed by atoms with E-state index in [1.165, 1.54) is 0 Å². The monoisotopic (exact) mass is 480 g/mol. The predicted octanol–water partition coefficient (Wildman–Crippen LogP) is 7.44. The van der Waals surface area contributed by atoms with E-state index < -0.39 is 0 Å². The van der Waals surface area contributed by atoms with Crippen molar-refractivity contribution in [2.75, 3.05) is 0 Å². The first-order valence-electron chi connectivity index (χ1n) is 8.30. The minimum Gasteiger partial charge on any atom is -0.436 e. The molecule has 0 aliphatic heterocycles. The number of hydrogen-bond donors (Lipinski definition) is 0. The molecule has 0 fully saturated rings. The van der Waals surface area contributed by atoms with E-state index in [9.17, 15) is 0 Å². The molecule has 0 atom stereocenters. The van der Waals surface area contributed by atoms with Crippen molar-refractivity contribution in [2.24, 2.45) is 4.99 Å². The van der Waals surface area contributed by atoms with Crippen LogP contribution < -0.4 is 0 Å². The normalized spacial score (nSPS) is 11.8. The topological polar surface area (TPSA) is 38.4 Å². The molecule has 132 valence electrons. The summed E-state index contributed by atoms with van der Waals surface area (Å²) >= 11 is 6.90. The fourth-order valence-electron chi connectivity index (χ4n) is 2.61. The summed E-state index contributed by atoms with van der Waals surface area (Å²) in [6, 6.07) is 21.7. The summed E-state index contributed by atoms with van der Waals surface area (Å²) in [7, 11) is 0. The standard InChI is InChI=1S/C22H14Br2N2O/c23-17-8-6-16(7-9-17)22-26-20-14-19(10-11-21(20)27-22)25-12-2-4-15-3-1-5-18(24)13-15/h1-14H/b4-2+,25-12?. The number of nitrogens with zero attached hydrogens (tertiary/aromatic N) is 2. The van der Waals surface area contributed by atoms with Gasteiger partial charge in [-0.15, -0.1) is 0 Å². The van der Waals surface area contributed by atoms with Crippen LogP contribution in [0.25, 0.3) is 28.6 Å². The molecule has 0 aliphatic carbocycles. The van der Waals surface area contributed by atoms with Crippen LogP contribution in [-0.4, -0.2) is 11.2 Å². The van der Waals surface area contributed by atoms with Crippen LogP contribution in [0, 0.1) is 0 Å². The average molecular weight is 482 g/mol. The zero-order valence-electron chi connectivity index (χ0n) is 14.1.